The summed E-state index contributed by atoms with van der Waals surface area (Å²) >= 11 is 0. The Labute approximate surface area is 116 Å². The topological polar surface area (TPSA) is 94.1 Å². The molecule has 2 aromatic rings. The Balaban J connectivity index is 2.22. The molecule has 20 heavy (non-hydrogen) atoms. The predicted molar refractivity (Wildman–Crippen MR) is 73.3 cm³/mol. The number of nitrogens with zero attached hydrogens (tertiary/aromatic N) is 3. The van der Waals surface area contributed by atoms with Gasteiger partial charge in [-0.3, -0.25) is 10.1 Å². The number of nitro benzene ring substituents is 1. The highest BCUT2D eigenvalue weighted by Crippen LogP contribution is 2.23. The first-order chi connectivity index (χ1) is 9.52. The smallest absolute Gasteiger partial charge is 0.269 e. The van der Waals surface area contributed by atoms with Gasteiger partial charge in [-0.05, 0) is 26.1 Å². The maximum Gasteiger partial charge on any atom is 0.269 e. The van der Waals surface area contributed by atoms with Crippen LogP contribution in [0.1, 0.15) is 25.7 Å². The fourth-order valence-corrected chi connectivity index (χ4v) is 1.73. The van der Waals surface area contributed by atoms with Crippen molar-refractivity contribution in [2.75, 3.05) is 7.05 Å². The molecule has 0 aliphatic heterocycles. The summed E-state index contributed by atoms with van der Waals surface area (Å²) in [4.78, 5) is 14.5. The van der Waals surface area contributed by atoms with Gasteiger partial charge in [-0.15, -0.1) is 0 Å². The van der Waals surface area contributed by atoms with Crippen molar-refractivity contribution in [1.82, 2.24) is 15.5 Å². The molecule has 1 heterocycles. The molecule has 0 aliphatic rings. The van der Waals surface area contributed by atoms with Gasteiger partial charge in [-0.25, -0.2) is 0 Å². The van der Waals surface area contributed by atoms with Gasteiger partial charge in [0.1, 0.15) is 0 Å². The number of non-ortho nitro benzene ring substituents is 1. The van der Waals surface area contributed by atoms with Crippen molar-refractivity contribution in [2.24, 2.45) is 0 Å². The van der Waals surface area contributed by atoms with Crippen LogP contribution in [0.4, 0.5) is 5.69 Å². The Hall–Kier alpha value is -2.28. The zero-order valence-electron chi connectivity index (χ0n) is 11.5. The number of rotatable bonds is 5. The average Bonchev–Trinajstić information content (AvgIpc) is 2.95. The van der Waals surface area contributed by atoms with E-state index in [0.29, 0.717) is 17.3 Å². The van der Waals surface area contributed by atoms with E-state index in [0.717, 1.165) is 0 Å². The van der Waals surface area contributed by atoms with Crippen molar-refractivity contribution in [3.8, 4) is 11.4 Å². The molecule has 0 radical (unpaired) electrons. The van der Waals surface area contributed by atoms with Crippen LogP contribution in [0.3, 0.4) is 0 Å². The number of nitro groups is 1. The maximum absolute atomic E-state index is 10.6. The van der Waals surface area contributed by atoms with Crippen LogP contribution in [0.15, 0.2) is 28.8 Å². The second-order valence-electron chi connectivity index (χ2n) is 4.63. The lowest BCUT2D eigenvalue weighted by molar-refractivity contribution is -0.384. The molecule has 1 aromatic heterocycles. The molecule has 0 spiro atoms. The van der Waals surface area contributed by atoms with E-state index in [1.807, 2.05) is 20.9 Å². The van der Waals surface area contributed by atoms with E-state index in [2.05, 4.69) is 15.5 Å². The van der Waals surface area contributed by atoms with E-state index >= 15 is 0 Å². The number of hydrogen-bond donors (Lipinski definition) is 1. The van der Waals surface area contributed by atoms with Crippen molar-refractivity contribution >= 4 is 5.69 Å². The third-order valence-corrected chi connectivity index (χ3v) is 3.37. The molecule has 0 fully saturated rings. The molecule has 0 saturated heterocycles. The molecule has 1 aromatic carbocycles. The highest BCUT2D eigenvalue weighted by Gasteiger charge is 2.20. The van der Waals surface area contributed by atoms with Crippen LogP contribution >= 0.6 is 0 Å². The summed E-state index contributed by atoms with van der Waals surface area (Å²) in [6.45, 7) is 4.02. The highest BCUT2D eigenvalue weighted by molar-refractivity contribution is 5.56. The quantitative estimate of drug-likeness (QED) is 0.665. The van der Waals surface area contributed by atoms with Gasteiger partial charge in [0, 0.05) is 23.7 Å². The van der Waals surface area contributed by atoms with Crippen LogP contribution in [0.5, 0.6) is 0 Å². The third-order valence-electron chi connectivity index (χ3n) is 3.37. The Morgan fingerprint density at radius 1 is 1.30 bits per heavy atom. The van der Waals surface area contributed by atoms with Gasteiger partial charge in [-0.2, -0.15) is 4.98 Å². The lowest BCUT2D eigenvalue weighted by Crippen LogP contribution is -2.27. The van der Waals surface area contributed by atoms with Gasteiger partial charge >= 0.3 is 0 Å². The van der Waals surface area contributed by atoms with Crippen molar-refractivity contribution in [3.05, 3.63) is 40.3 Å². The summed E-state index contributed by atoms with van der Waals surface area (Å²) in [6.07, 6.45) is 0. The van der Waals surface area contributed by atoms with E-state index in [4.69, 9.17) is 4.52 Å². The van der Waals surface area contributed by atoms with Crippen LogP contribution in [-0.2, 0) is 0 Å². The fraction of sp³-hybridized carbons (Fsp3) is 0.385. The minimum atomic E-state index is -0.442. The predicted octanol–water partition coefficient (Wildman–Crippen LogP) is 2.36. The molecule has 0 bridgehead atoms. The average molecular weight is 276 g/mol. The van der Waals surface area contributed by atoms with Gasteiger partial charge in [-0.1, -0.05) is 12.1 Å². The number of aromatic nitrogens is 2. The van der Waals surface area contributed by atoms with Crippen LogP contribution in [0.2, 0.25) is 0 Å². The number of benzene rings is 1. The Morgan fingerprint density at radius 2 is 1.95 bits per heavy atom. The third kappa shape index (κ3) is 2.83. The molecule has 2 atom stereocenters. The maximum atomic E-state index is 10.6. The van der Waals surface area contributed by atoms with Crippen LogP contribution in [0.25, 0.3) is 11.4 Å². The molecule has 1 N–H and O–H groups in total. The standard InChI is InChI=1S/C13H16N4O3/c1-8(9(2)14-3)13-15-12(16-20-13)10-4-6-11(7-5-10)17(18)19/h4-9,14H,1-3H3. The summed E-state index contributed by atoms with van der Waals surface area (Å²) < 4.78 is 5.25. The Kier molecular flexibility index (Phi) is 4.09. The van der Waals surface area contributed by atoms with Crippen molar-refractivity contribution in [2.45, 2.75) is 25.8 Å². The second-order valence-corrected chi connectivity index (χ2v) is 4.63. The number of likely N-dealkylation sites (N-methyl/N-ethyl adjacent to an activating group) is 1. The number of nitrogens with one attached hydrogen (secondary N) is 1. The zero-order chi connectivity index (χ0) is 14.7. The summed E-state index contributed by atoms with van der Waals surface area (Å²) in [5.41, 5.74) is 0.726. The fourth-order valence-electron chi connectivity index (χ4n) is 1.73. The molecular weight excluding hydrogens is 260 g/mol. The SMILES string of the molecule is CNC(C)C(C)c1nc(-c2ccc([N+](=O)[O-])cc2)no1. The Morgan fingerprint density at radius 3 is 2.50 bits per heavy atom. The van der Waals surface area contributed by atoms with E-state index in [1.165, 1.54) is 12.1 Å². The van der Waals surface area contributed by atoms with Crippen molar-refractivity contribution in [1.29, 1.82) is 0 Å². The van der Waals surface area contributed by atoms with Gasteiger partial charge in [0.05, 0.1) is 10.8 Å². The second kappa shape index (κ2) is 5.79. The van der Waals surface area contributed by atoms with Crippen LogP contribution in [-0.4, -0.2) is 28.2 Å². The molecule has 7 heteroatoms. The minimum Gasteiger partial charge on any atom is -0.339 e. The molecule has 0 aliphatic carbocycles. The molecule has 7 nitrogen and oxygen atoms in total. The molecule has 2 unspecified atom stereocenters. The van der Waals surface area contributed by atoms with Gasteiger partial charge in [0.2, 0.25) is 11.7 Å². The van der Waals surface area contributed by atoms with Gasteiger partial charge in [0.25, 0.3) is 5.69 Å². The minimum absolute atomic E-state index is 0.0367. The van der Waals surface area contributed by atoms with Crippen LogP contribution in [0, 0.1) is 10.1 Å². The largest absolute Gasteiger partial charge is 0.339 e. The first-order valence-corrected chi connectivity index (χ1v) is 6.28. The molecule has 0 amide bonds. The summed E-state index contributed by atoms with van der Waals surface area (Å²) in [6, 6.07) is 6.27. The van der Waals surface area contributed by atoms with E-state index < -0.39 is 4.92 Å². The zero-order valence-corrected chi connectivity index (χ0v) is 11.5. The van der Waals surface area contributed by atoms with Crippen molar-refractivity contribution < 1.29 is 9.45 Å². The first kappa shape index (κ1) is 14.1. The Bertz CT molecular complexity index is 594. The lowest BCUT2D eigenvalue weighted by Gasteiger charge is -2.14. The van der Waals surface area contributed by atoms with E-state index in [-0.39, 0.29) is 17.6 Å². The molecule has 0 saturated carbocycles. The van der Waals surface area contributed by atoms with Crippen molar-refractivity contribution in [3.63, 3.8) is 0 Å². The summed E-state index contributed by atoms with van der Waals surface area (Å²) in [5, 5.41) is 17.6. The first-order valence-electron chi connectivity index (χ1n) is 6.28. The monoisotopic (exact) mass is 276 g/mol. The molecular formula is C13H16N4O3. The molecule has 106 valence electrons. The van der Waals surface area contributed by atoms with Gasteiger partial charge < -0.3 is 9.84 Å². The van der Waals surface area contributed by atoms with E-state index in [1.54, 1.807) is 12.1 Å². The number of hydrogen-bond acceptors (Lipinski definition) is 6. The summed E-state index contributed by atoms with van der Waals surface area (Å²) in [5.74, 6) is 1.06. The lowest BCUT2D eigenvalue weighted by atomic mass is 10.0. The normalized spacial score (nSPS) is 13.9. The van der Waals surface area contributed by atoms with Gasteiger partial charge in [0.15, 0.2) is 0 Å². The van der Waals surface area contributed by atoms with Crippen LogP contribution < -0.4 is 5.32 Å². The molecule has 2 rings (SSSR count). The highest BCUT2D eigenvalue weighted by atomic mass is 16.6. The van der Waals surface area contributed by atoms with E-state index in [9.17, 15) is 10.1 Å². The summed E-state index contributed by atoms with van der Waals surface area (Å²) in [7, 11) is 1.87.